The summed E-state index contributed by atoms with van der Waals surface area (Å²) in [5.74, 6) is 0.829. The van der Waals surface area contributed by atoms with Crippen LogP contribution in [0.25, 0.3) is 11.0 Å². The van der Waals surface area contributed by atoms with Crippen LogP contribution in [0.3, 0.4) is 0 Å². The molecule has 148 valence electrons. The number of fused-ring (bicyclic) bond motifs is 1. The predicted molar refractivity (Wildman–Crippen MR) is 102 cm³/mol. The van der Waals surface area contributed by atoms with Gasteiger partial charge in [0.2, 0.25) is 0 Å². The lowest BCUT2D eigenvalue weighted by molar-refractivity contribution is -0.137. The standard InChI is InChI=1S/C19H21F3N6/c1-12-8-24-16-15(12)17(27-11-26-16)28-6-5-18(23,10-28)9-25-14-4-2-3-13(7-14)19(20,21)22/h2-4,7-8,11,25H,5-6,9-10,23H2,1H3,(H,24,26,27). The summed E-state index contributed by atoms with van der Waals surface area (Å²) in [7, 11) is 0. The monoisotopic (exact) mass is 390 g/mol. The minimum atomic E-state index is -4.37. The Morgan fingerprint density at radius 3 is 2.93 bits per heavy atom. The molecule has 1 aliphatic rings. The smallest absolute Gasteiger partial charge is 0.383 e. The van der Waals surface area contributed by atoms with Crippen molar-refractivity contribution in [1.29, 1.82) is 0 Å². The van der Waals surface area contributed by atoms with E-state index in [0.717, 1.165) is 41.1 Å². The topological polar surface area (TPSA) is 82.9 Å². The van der Waals surface area contributed by atoms with E-state index >= 15 is 0 Å². The van der Waals surface area contributed by atoms with Gasteiger partial charge in [0, 0.05) is 31.5 Å². The number of aryl methyl sites for hydroxylation is 1. The third-order valence-electron chi connectivity index (χ3n) is 5.17. The Morgan fingerprint density at radius 1 is 1.32 bits per heavy atom. The lowest BCUT2D eigenvalue weighted by Crippen LogP contribution is -2.48. The van der Waals surface area contributed by atoms with Gasteiger partial charge in [0.05, 0.1) is 16.5 Å². The van der Waals surface area contributed by atoms with Gasteiger partial charge in [-0.15, -0.1) is 0 Å². The van der Waals surface area contributed by atoms with Gasteiger partial charge in [-0.2, -0.15) is 13.2 Å². The first-order valence-corrected chi connectivity index (χ1v) is 8.99. The van der Waals surface area contributed by atoms with E-state index in [9.17, 15) is 13.2 Å². The average Bonchev–Trinajstić information content (AvgIpc) is 3.24. The van der Waals surface area contributed by atoms with Crippen molar-refractivity contribution in [2.75, 3.05) is 29.9 Å². The van der Waals surface area contributed by atoms with E-state index in [1.54, 1.807) is 6.07 Å². The van der Waals surface area contributed by atoms with E-state index in [1.807, 2.05) is 13.1 Å². The van der Waals surface area contributed by atoms with Gasteiger partial charge in [-0.05, 0) is 37.1 Å². The largest absolute Gasteiger partial charge is 0.416 e. The highest BCUT2D eigenvalue weighted by atomic mass is 19.4. The summed E-state index contributed by atoms with van der Waals surface area (Å²) in [4.78, 5) is 13.9. The van der Waals surface area contributed by atoms with Crippen molar-refractivity contribution in [3.05, 3.63) is 47.9 Å². The lowest BCUT2D eigenvalue weighted by atomic mass is 10.00. The first kappa shape index (κ1) is 18.5. The minimum Gasteiger partial charge on any atom is -0.383 e. The number of rotatable bonds is 4. The molecule has 6 nitrogen and oxygen atoms in total. The highest BCUT2D eigenvalue weighted by Crippen LogP contribution is 2.32. The van der Waals surface area contributed by atoms with E-state index in [2.05, 4.69) is 25.2 Å². The number of nitrogens with two attached hydrogens (primary N) is 1. The average molecular weight is 390 g/mol. The van der Waals surface area contributed by atoms with Crippen LogP contribution in [0.5, 0.6) is 0 Å². The zero-order valence-corrected chi connectivity index (χ0v) is 15.3. The molecule has 4 N–H and O–H groups in total. The van der Waals surface area contributed by atoms with Crippen molar-refractivity contribution < 1.29 is 13.2 Å². The second-order valence-corrected chi connectivity index (χ2v) is 7.36. The number of nitrogens with zero attached hydrogens (tertiary/aromatic N) is 3. The maximum Gasteiger partial charge on any atom is 0.416 e. The summed E-state index contributed by atoms with van der Waals surface area (Å²) < 4.78 is 38.6. The second kappa shape index (κ2) is 6.66. The van der Waals surface area contributed by atoms with Gasteiger partial charge in [-0.1, -0.05) is 6.07 Å². The molecule has 0 radical (unpaired) electrons. The van der Waals surface area contributed by atoms with Crippen LogP contribution >= 0.6 is 0 Å². The number of aromatic amines is 1. The van der Waals surface area contributed by atoms with Gasteiger partial charge >= 0.3 is 6.18 Å². The Labute approximate surface area is 160 Å². The summed E-state index contributed by atoms with van der Waals surface area (Å²) in [6.45, 7) is 3.63. The van der Waals surface area contributed by atoms with Gasteiger partial charge in [-0.25, -0.2) is 9.97 Å². The SMILES string of the molecule is Cc1c[nH]c2ncnc(N3CCC(N)(CNc4cccc(C(F)(F)F)c4)C3)c12. The highest BCUT2D eigenvalue weighted by molar-refractivity contribution is 5.90. The minimum absolute atomic E-state index is 0.366. The molecular weight excluding hydrogens is 369 g/mol. The third-order valence-corrected chi connectivity index (χ3v) is 5.17. The summed E-state index contributed by atoms with van der Waals surface area (Å²) in [6, 6.07) is 5.16. The van der Waals surface area contributed by atoms with E-state index in [4.69, 9.17) is 5.73 Å². The molecule has 1 fully saturated rings. The quantitative estimate of drug-likeness (QED) is 0.637. The normalized spacial score (nSPS) is 20.1. The number of alkyl halides is 3. The molecule has 1 unspecified atom stereocenters. The van der Waals surface area contributed by atoms with Crippen LogP contribution in [0.1, 0.15) is 17.5 Å². The zero-order valence-electron chi connectivity index (χ0n) is 15.3. The molecule has 0 amide bonds. The summed E-state index contributed by atoms with van der Waals surface area (Å²) >= 11 is 0. The molecule has 9 heteroatoms. The molecule has 28 heavy (non-hydrogen) atoms. The molecule has 3 aromatic rings. The van der Waals surface area contributed by atoms with Crippen molar-refractivity contribution in [2.45, 2.75) is 25.1 Å². The number of halogens is 3. The zero-order chi connectivity index (χ0) is 19.9. The van der Waals surface area contributed by atoms with Crippen LogP contribution in [-0.2, 0) is 6.18 Å². The van der Waals surface area contributed by atoms with Crippen LogP contribution in [0, 0.1) is 6.92 Å². The third kappa shape index (κ3) is 3.49. The van der Waals surface area contributed by atoms with Crippen molar-refractivity contribution >= 4 is 22.5 Å². The molecule has 4 rings (SSSR count). The fourth-order valence-electron chi connectivity index (χ4n) is 3.64. The van der Waals surface area contributed by atoms with Gasteiger partial charge in [-0.3, -0.25) is 0 Å². The number of H-pyrrole nitrogens is 1. The fourth-order valence-corrected chi connectivity index (χ4v) is 3.64. The predicted octanol–water partition coefficient (Wildman–Crippen LogP) is 3.30. The molecule has 1 atom stereocenters. The van der Waals surface area contributed by atoms with Crippen LogP contribution in [0.4, 0.5) is 24.7 Å². The molecule has 1 aromatic carbocycles. The van der Waals surface area contributed by atoms with Gasteiger partial charge in [0.15, 0.2) is 0 Å². The Kier molecular flexibility index (Phi) is 4.41. The number of aromatic nitrogens is 3. The van der Waals surface area contributed by atoms with Crippen LogP contribution in [0.2, 0.25) is 0 Å². The maximum atomic E-state index is 12.9. The Bertz CT molecular complexity index is 999. The number of hydrogen-bond acceptors (Lipinski definition) is 5. The highest BCUT2D eigenvalue weighted by Gasteiger charge is 2.36. The van der Waals surface area contributed by atoms with Crippen LogP contribution in [-0.4, -0.2) is 40.1 Å². The lowest BCUT2D eigenvalue weighted by Gasteiger charge is -2.26. The Morgan fingerprint density at radius 2 is 2.14 bits per heavy atom. The van der Waals surface area contributed by atoms with Crippen molar-refractivity contribution in [3.63, 3.8) is 0 Å². The first-order chi connectivity index (χ1) is 13.3. The molecule has 1 saturated heterocycles. The Hall–Kier alpha value is -2.81. The second-order valence-electron chi connectivity index (χ2n) is 7.36. The number of anilines is 2. The molecule has 0 aliphatic carbocycles. The molecule has 0 bridgehead atoms. The first-order valence-electron chi connectivity index (χ1n) is 8.99. The molecule has 0 spiro atoms. The van der Waals surface area contributed by atoms with Crippen LogP contribution < -0.4 is 16.0 Å². The van der Waals surface area contributed by atoms with E-state index in [1.165, 1.54) is 12.4 Å². The van der Waals surface area contributed by atoms with E-state index < -0.39 is 17.3 Å². The summed E-state index contributed by atoms with van der Waals surface area (Å²) in [5, 5.41) is 4.03. The maximum absolute atomic E-state index is 12.9. The molecular formula is C19H21F3N6. The number of nitrogens with one attached hydrogen (secondary N) is 2. The number of hydrogen-bond donors (Lipinski definition) is 3. The van der Waals surface area contributed by atoms with E-state index in [0.29, 0.717) is 25.2 Å². The summed E-state index contributed by atoms with van der Waals surface area (Å²) in [5.41, 5.74) is 7.53. The van der Waals surface area contributed by atoms with Crippen molar-refractivity contribution in [2.24, 2.45) is 5.73 Å². The fraction of sp³-hybridized carbons (Fsp3) is 0.368. The molecule has 1 aliphatic heterocycles. The molecule has 0 saturated carbocycles. The molecule has 2 aromatic heterocycles. The van der Waals surface area contributed by atoms with Gasteiger partial charge < -0.3 is 20.9 Å². The Balaban J connectivity index is 1.48. The van der Waals surface area contributed by atoms with Crippen molar-refractivity contribution in [3.8, 4) is 0 Å². The molecule has 3 heterocycles. The van der Waals surface area contributed by atoms with Crippen LogP contribution in [0.15, 0.2) is 36.8 Å². The van der Waals surface area contributed by atoms with Crippen molar-refractivity contribution in [1.82, 2.24) is 15.0 Å². The van der Waals surface area contributed by atoms with E-state index in [-0.39, 0.29) is 0 Å². The van der Waals surface area contributed by atoms with Gasteiger partial charge in [0.25, 0.3) is 0 Å². The summed E-state index contributed by atoms with van der Waals surface area (Å²) in [6.07, 6.45) is -0.252. The number of benzene rings is 1. The van der Waals surface area contributed by atoms with Gasteiger partial charge in [0.1, 0.15) is 17.8 Å².